The van der Waals surface area contributed by atoms with Crippen LogP contribution in [-0.2, 0) is 0 Å². The minimum Gasteiger partial charge on any atom is -0.316 e. The molecule has 1 aliphatic carbocycles. The molecule has 2 fully saturated rings. The lowest BCUT2D eigenvalue weighted by atomic mass is 9.82. The summed E-state index contributed by atoms with van der Waals surface area (Å²) >= 11 is 0. The molecule has 1 saturated carbocycles. The smallest absolute Gasteiger partial charge is 0.00174 e. The van der Waals surface area contributed by atoms with Crippen LogP contribution in [0.1, 0.15) is 52.4 Å². The van der Waals surface area contributed by atoms with Gasteiger partial charge < -0.3 is 5.32 Å². The summed E-state index contributed by atoms with van der Waals surface area (Å²) in [5.41, 5.74) is 0.626. The topological polar surface area (TPSA) is 12.0 Å². The Hall–Kier alpha value is -0.0400. The summed E-state index contributed by atoms with van der Waals surface area (Å²) in [6.07, 6.45) is 8.78. The lowest BCUT2D eigenvalue weighted by Crippen LogP contribution is -2.18. The van der Waals surface area contributed by atoms with Crippen molar-refractivity contribution in [3.8, 4) is 0 Å². The standard InChI is InChI=1S/C13H25N/c1-13(2)7-3-4-11(5-8-13)12-6-9-14-10-12/h11-12,14H,3-10H2,1-2H3. The summed E-state index contributed by atoms with van der Waals surface area (Å²) in [5, 5.41) is 3.51. The molecule has 0 aromatic carbocycles. The molecule has 2 atom stereocenters. The second kappa shape index (κ2) is 4.22. The van der Waals surface area contributed by atoms with Crippen LogP contribution in [0.25, 0.3) is 0 Å². The van der Waals surface area contributed by atoms with E-state index in [-0.39, 0.29) is 0 Å². The number of hydrogen-bond donors (Lipinski definition) is 1. The van der Waals surface area contributed by atoms with Gasteiger partial charge >= 0.3 is 0 Å². The van der Waals surface area contributed by atoms with Crippen molar-refractivity contribution < 1.29 is 0 Å². The van der Waals surface area contributed by atoms with Crippen LogP contribution >= 0.6 is 0 Å². The molecule has 1 nitrogen and oxygen atoms in total. The Morgan fingerprint density at radius 3 is 2.57 bits per heavy atom. The van der Waals surface area contributed by atoms with Crippen molar-refractivity contribution in [3.63, 3.8) is 0 Å². The minimum atomic E-state index is 0.626. The highest BCUT2D eigenvalue weighted by molar-refractivity contribution is 4.83. The second-order valence-electron chi connectivity index (χ2n) is 6.11. The third kappa shape index (κ3) is 2.50. The van der Waals surface area contributed by atoms with Gasteiger partial charge in [0.05, 0.1) is 0 Å². The summed E-state index contributed by atoms with van der Waals surface area (Å²) < 4.78 is 0. The van der Waals surface area contributed by atoms with Crippen LogP contribution in [0.3, 0.4) is 0 Å². The maximum Gasteiger partial charge on any atom is -0.00174 e. The van der Waals surface area contributed by atoms with Crippen molar-refractivity contribution in [1.82, 2.24) is 5.32 Å². The quantitative estimate of drug-likeness (QED) is 0.634. The van der Waals surface area contributed by atoms with Crippen LogP contribution in [0, 0.1) is 17.3 Å². The molecule has 0 spiro atoms. The maximum absolute atomic E-state index is 3.51. The van der Waals surface area contributed by atoms with Crippen LogP contribution in [0.5, 0.6) is 0 Å². The first-order valence-corrected chi connectivity index (χ1v) is 6.38. The van der Waals surface area contributed by atoms with Crippen LogP contribution in [0.2, 0.25) is 0 Å². The summed E-state index contributed by atoms with van der Waals surface area (Å²) in [4.78, 5) is 0. The van der Waals surface area contributed by atoms with Crippen LogP contribution in [0.4, 0.5) is 0 Å². The zero-order valence-corrected chi connectivity index (χ0v) is 9.81. The van der Waals surface area contributed by atoms with Gasteiger partial charge in [0.2, 0.25) is 0 Å². The van der Waals surface area contributed by atoms with Gasteiger partial charge in [-0.1, -0.05) is 26.7 Å². The van der Waals surface area contributed by atoms with Crippen LogP contribution in [-0.4, -0.2) is 13.1 Å². The Labute approximate surface area is 88.7 Å². The maximum atomic E-state index is 3.51. The molecule has 2 aliphatic rings. The molecule has 2 rings (SSSR count). The van der Waals surface area contributed by atoms with Crippen LogP contribution < -0.4 is 5.32 Å². The lowest BCUT2D eigenvalue weighted by Gasteiger charge is -2.23. The highest BCUT2D eigenvalue weighted by Crippen LogP contribution is 2.39. The van der Waals surface area contributed by atoms with Crippen molar-refractivity contribution >= 4 is 0 Å². The second-order valence-corrected chi connectivity index (χ2v) is 6.11. The highest BCUT2D eigenvalue weighted by Gasteiger charge is 2.30. The van der Waals surface area contributed by atoms with E-state index in [9.17, 15) is 0 Å². The van der Waals surface area contributed by atoms with E-state index >= 15 is 0 Å². The molecule has 0 amide bonds. The molecule has 1 heterocycles. The van der Waals surface area contributed by atoms with Gasteiger partial charge in [0.25, 0.3) is 0 Å². The molecule has 82 valence electrons. The average molecular weight is 195 g/mol. The highest BCUT2D eigenvalue weighted by atomic mass is 14.9. The first-order chi connectivity index (χ1) is 6.67. The Bertz CT molecular complexity index is 180. The monoisotopic (exact) mass is 195 g/mol. The summed E-state index contributed by atoms with van der Waals surface area (Å²) in [6.45, 7) is 7.46. The molecule has 1 N–H and O–H groups in total. The zero-order chi connectivity index (χ0) is 10.0. The summed E-state index contributed by atoms with van der Waals surface area (Å²) in [5.74, 6) is 2.04. The third-order valence-electron chi connectivity index (χ3n) is 4.39. The van der Waals surface area contributed by atoms with E-state index in [0.717, 1.165) is 11.8 Å². The molecule has 0 aromatic rings. The third-order valence-corrected chi connectivity index (χ3v) is 4.39. The molecule has 0 bridgehead atoms. The van der Waals surface area contributed by atoms with E-state index in [1.807, 2.05) is 0 Å². The van der Waals surface area contributed by atoms with Gasteiger partial charge in [-0.2, -0.15) is 0 Å². The van der Waals surface area contributed by atoms with Gasteiger partial charge in [0.1, 0.15) is 0 Å². The lowest BCUT2D eigenvalue weighted by molar-refractivity contribution is 0.283. The van der Waals surface area contributed by atoms with E-state index in [4.69, 9.17) is 0 Å². The van der Waals surface area contributed by atoms with E-state index in [1.165, 1.54) is 51.6 Å². The van der Waals surface area contributed by atoms with Crippen molar-refractivity contribution in [2.75, 3.05) is 13.1 Å². The Balaban J connectivity index is 1.88. The molecule has 0 radical (unpaired) electrons. The first-order valence-electron chi connectivity index (χ1n) is 6.38. The van der Waals surface area contributed by atoms with E-state index in [0.29, 0.717) is 5.41 Å². The average Bonchev–Trinajstić information content (AvgIpc) is 2.58. The fourth-order valence-corrected chi connectivity index (χ4v) is 3.24. The van der Waals surface area contributed by atoms with E-state index in [2.05, 4.69) is 19.2 Å². The van der Waals surface area contributed by atoms with Gasteiger partial charge in [-0.3, -0.25) is 0 Å². The van der Waals surface area contributed by atoms with E-state index in [1.54, 1.807) is 0 Å². The molecule has 2 unspecified atom stereocenters. The molecular formula is C13H25N. The fourth-order valence-electron chi connectivity index (χ4n) is 3.24. The molecule has 0 aromatic heterocycles. The fraction of sp³-hybridized carbons (Fsp3) is 1.00. The number of nitrogens with one attached hydrogen (secondary N) is 1. The molecule has 1 aliphatic heterocycles. The van der Waals surface area contributed by atoms with E-state index < -0.39 is 0 Å². The van der Waals surface area contributed by atoms with Gasteiger partial charge in [-0.25, -0.2) is 0 Å². The van der Waals surface area contributed by atoms with Gasteiger partial charge in [0, 0.05) is 0 Å². The largest absolute Gasteiger partial charge is 0.316 e. The van der Waals surface area contributed by atoms with Gasteiger partial charge in [0.15, 0.2) is 0 Å². The van der Waals surface area contributed by atoms with Crippen molar-refractivity contribution in [2.24, 2.45) is 17.3 Å². The number of rotatable bonds is 1. The number of hydrogen-bond acceptors (Lipinski definition) is 1. The SMILES string of the molecule is CC1(C)CCCC(C2CCNC2)CC1. The first kappa shape index (κ1) is 10.5. The van der Waals surface area contributed by atoms with Crippen LogP contribution in [0.15, 0.2) is 0 Å². The van der Waals surface area contributed by atoms with Gasteiger partial charge in [-0.15, -0.1) is 0 Å². The summed E-state index contributed by atoms with van der Waals surface area (Å²) in [6, 6.07) is 0. The minimum absolute atomic E-state index is 0.626. The Morgan fingerprint density at radius 1 is 1.00 bits per heavy atom. The normalized spacial score (nSPS) is 38.1. The molecular weight excluding hydrogens is 170 g/mol. The van der Waals surface area contributed by atoms with Crippen molar-refractivity contribution in [1.29, 1.82) is 0 Å². The predicted octanol–water partition coefficient (Wildman–Crippen LogP) is 3.20. The Morgan fingerprint density at radius 2 is 1.86 bits per heavy atom. The molecule has 14 heavy (non-hydrogen) atoms. The Kier molecular flexibility index (Phi) is 3.16. The molecule has 1 saturated heterocycles. The van der Waals surface area contributed by atoms with Crippen molar-refractivity contribution in [3.05, 3.63) is 0 Å². The molecule has 1 heteroatoms. The summed E-state index contributed by atoms with van der Waals surface area (Å²) in [7, 11) is 0. The van der Waals surface area contributed by atoms with Crippen molar-refractivity contribution in [2.45, 2.75) is 52.4 Å². The zero-order valence-electron chi connectivity index (χ0n) is 9.81. The van der Waals surface area contributed by atoms with Gasteiger partial charge in [-0.05, 0) is 56.0 Å². The predicted molar refractivity (Wildman–Crippen MR) is 61.3 cm³/mol.